The summed E-state index contributed by atoms with van der Waals surface area (Å²) in [5.74, 6) is 1.35. The predicted octanol–water partition coefficient (Wildman–Crippen LogP) is 2.89. The van der Waals surface area contributed by atoms with Crippen LogP contribution in [0.15, 0.2) is 18.2 Å². The van der Waals surface area contributed by atoms with E-state index in [1.54, 1.807) is 18.2 Å². The zero-order chi connectivity index (χ0) is 16.5. The number of hydrogen-bond acceptors (Lipinski definition) is 4. The number of rotatable bonds is 8. The van der Waals surface area contributed by atoms with E-state index in [1.165, 1.54) is 7.11 Å². The van der Waals surface area contributed by atoms with Crippen LogP contribution in [0.3, 0.4) is 0 Å². The lowest BCUT2D eigenvalue weighted by Crippen LogP contribution is -2.36. The molecule has 1 aromatic carbocycles. The molecule has 1 amide bonds. The lowest BCUT2D eigenvalue weighted by Gasteiger charge is -2.16. The van der Waals surface area contributed by atoms with Gasteiger partial charge in [-0.15, -0.1) is 0 Å². The smallest absolute Gasteiger partial charge is 0.258 e. The first-order valence-electron chi connectivity index (χ1n) is 7.46. The quantitative estimate of drug-likeness (QED) is 0.801. The van der Waals surface area contributed by atoms with Gasteiger partial charge in [-0.25, -0.2) is 0 Å². The largest absolute Gasteiger partial charge is 0.493 e. The summed E-state index contributed by atoms with van der Waals surface area (Å²) in [7, 11) is 1.50. The number of nitrogens with one attached hydrogen (secondary N) is 1. The Morgan fingerprint density at radius 3 is 2.59 bits per heavy atom. The molecule has 0 unspecified atom stereocenters. The molecule has 5 nitrogen and oxygen atoms in total. The van der Waals surface area contributed by atoms with E-state index in [0.29, 0.717) is 23.0 Å². The molecule has 0 aliphatic carbocycles. The van der Waals surface area contributed by atoms with Crippen LogP contribution in [-0.4, -0.2) is 25.7 Å². The maximum absolute atomic E-state index is 11.9. The topological polar surface area (TPSA) is 71.3 Å². The first-order chi connectivity index (χ1) is 10.5. The molecule has 0 fully saturated rings. The molecule has 1 N–H and O–H groups in total. The second-order valence-electron chi connectivity index (χ2n) is 5.71. The molecule has 5 heteroatoms. The molecule has 0 saturated carbocycles. The van der Waals surface area contributed by atoms with Crippen LogP contribution in [0.2, 0.25) is 0 Å². The first-order valence-corrected chi connectivity index (χ1v) is 7.46. The summed E-state index contributed by atoms with van der Waals surface area (Å²) in [6, 6.07) is 6.99. The van der Waals surface area contributed by atoms with E-state index in [2.05, 4.69) is 19.2 Å². The minimum absolute atomic E-state index is 0.0751. The van der Waals surface area contributed by atoms with Gasteiger partial charge in [-0.05, 0) is 37.8 Å². The van der Waals surface area contributed by atoms with Gasteiger partial charge in [0.25, 0.3) is 5.91 Å². The first kappa shape index (κ1) is 17.8. The molecule has 0 bridgehead atoms. The van der Waals surface area contributed by atoms with Crippen molar-refractivity contribution in [3.63, 3.8) is 0 Å². The van der Waals surface area contributed by atoms with Crippen LogP contribution >= 0.6 is 0 Å². The zero-order valence-electron chi connectivity index (χ0n) is 13.7. The van der Waals surface area contributed by atoms with Crippen molar-refractivity contribution in [1.29, 1.82) is 5.26 Å². The van der Waals surface area contributed by atoms with E-state index >= 15 is 0 Å². The Labute approximate surface area is 132 Å². The molecule has 0 aliphatic heterocycles. The minimum atomic E-state index is -0.164. The zero-order valence-corrected chi connectivity index (χ0v) is 13.7. The number of ether oxygens (including phenoxy) is 2. The SMILES string of the molecule is COc1cc(C#N)ccc1OCC(=O)N[C@@H](C)CCC(C)C. The Morgan fingerprint density at radius 2 is 2.00 bits per heavy atom. The highest BCUT2D eigenvalue weighted by Gasteiger charge is 2.11. The third-order valence-electron chi connectivity index (χ3n) is 3.24. The highest BCUT2D eigenvalue weighted by Crippen LogP contribution is 2.27. The Bertz CT molecular complexity index is 535. The lowest BCUT2D eigenvalue weighted by molar-refractivity contribution is -0.123. The maximum atomic E-state index is 11.9. The summed E-state index contributed by atoms with van der Waals surface area (Å²) < 4.78 is 10.6. The molecule has 22 heavy (non-hydrogen) atoms. The standard InChI is InChI=1S/C17H24N2O3/c1-12(2)5-6-13(3)19-17(20)11-22-15-8-7-14(10-18)9-16(15)21-4/h7-9,12-13H,5-6,11H2,1-4H3,(H,19,20)/t13-/m0/s1. The molecule has 120 valence electrons. The van der Waals surface area contributed by atoms with Crippen molar-refractivity contribution in [3.8, 4) is 17.6 Å². The van der Waals surface area contributed by atoms with Crippen molar-refractivity contribution in [2.75, 3.05) is 13.7 Å². The van der Waals surface area contributed by atoms with Crippen LogP contribution in [-0.2, 0) is 4.79 Å². The second kappa shape index (κ2) is 8.93. The fourth-order valence-corrected chi connectivity index (χ4v) is 1.97. The maximum Gasteiger partial charge on any atom is 0.258 e. The van der Waals surface area contributed by atoms with Gasteiger partial charge in [0.15, 0.2) is 18.1 Å². The molecule has 0 aromatic heterocycles. The van der Waals surface area contributed by atoms with Gasteiger partial charge >= 0.3 is 0 Å². The molecule has 1 atom stereocenters. The molecule has 1 aromatic rings. The highest BCUT2D eigenvalue weighted by molar-refractivity contribution is 5.77. The van der Waals surface area contributed by atoms with Crippen molar-refractivity contribution in [2.24, 2.45) is 5.92 Å². The third-order valence-corrected chi connectivity index (χ3v) is 3.24. The fraction of sp³-hybridized carbons (Fsp3) is 0.529. The summed E-state index contributed by atoms with van der Waals surface area (Å²) in [4.78, 5) is 11.9. The number of amides is 1. The average Bonchev–Trinajstić information content (AvgIpc) is 2.50. The van der Waals surface area contributed by atoms with Crippen molar-refractivity contribution >= 4 is 5.91 Å². The minimum Gasteiger partial charge on any atom is -0.493 e. The van der Waals surface area contributed by atoms with Gasteiger partial charge in [-0.1, -0.05) is 13.8 Å². The number of benzene rings is 1. The van der Waals surface area contributed by atoms with E-state index in [4.69, 9.17) is 14.7 Å². The molecule has 0 radical (unpaired) electrons. The van der Waals surface area contributed by atoms with Gasteiger partial charge in [0, 0.05) is 12.1 Å². The molecule has 0 aliphatic rings. The Balaban J connectivity index is 2.49. The van der Waals surface area contributed by atoms with Crippen LogP contribution in [0, 0.1) is 17.2 Å². The molecular weight excluding hydrogens is 280 g/mol. The normalized spacial score (nSPS) is 11.6. The molecular formula is C17H24N2O3. The molecule has 0 heterocycles. The summed E-state index contributed by atoms with van der Waals surface area (Å²) in [5, 5.41) is 11.8. The van der Waals surface area contributed by atoms with E-state index in [-0.39, 0.29) is 18.6 Å². The third kappa shape index (κ3) is 6.04. The van der Waals surface area contributed by atoms with Crippen LogP contribution in [0.5, 0.6) is 11.5 Å². The van der Waals surface area contributed by atoms with E-state index in [0.717, 1.165) is 12.8 Å². The number of carbonyl (C=O) groups excluding carboxylic acids is 1. The summed E-state index contributed by atoms with van der Waals surface area (Å²) in [6.07, 6.45) is 2.02. The van der Waals surface area contributed by atoms with Crippen molar-refractivity contribution in [2.45, 2.75) is 39.7 Å². The summed E-state index contributed by atoms with van der Waals surface area (Å²) in [6.45, 7) is 6.24. The van der Waals surface area contributed by atoms with Crippen molar-refractivity contribution in [1.82, 2.24) is 5.32 Å². The lowest BCUT2D eigenvalue weighted by atomic mass is 10.0. The Morgan fingerprint density at radius 1 is 1.27 bits per heavy atom. The average molecular weight is 304 g/mol. The predicted molar refractivity (Wildman–Crippen MR) is 84.9 cm³/mol. The number of carbonyl (C=O) groups is 1. The van der Waals surface area contributed by atoms with Gasteiger partial charge in [-0.2, -0.15) is 5.26 Å². The van der Waals surface area contributed by atoms with Gasteiger partial charge < -0.3 is 14.8 Å². The monoisotopic (exact) mass is 304 g/mol. The van der Waals surface area contributed by atoms with E-state index < -0.39 is 0 Å². The van der Waals surface area contributed by atoms with E-state index in [9.17, 15) is 4.79 Å². The summed E-state index contributed by atoms with van der Waals surface area (Å²) >= 11 is 0. The van der Waals surface area contributed by atoms with Gasteiger partial charge in [0.1, 0.15) is 0 Å². The van der Waals surface area contributed by atoms with Crippen LogP contribution in [0.1, 0.15) is 39.2 Å². The number of nitriles is 1. The van der Waals surface area contributed by atoms with Crippen molar-refractivity contribution < 1.29 is 14.3 Å². The Kier molecular flexibility index (Phi) is 7.24. The molecule has 0 spiro atoms. The number of nitrogens with zero attached hydrogens (tertiary/aromatic N) is 1. The number of hydrogen-bond donors (Lipinski definition) is 1. The van der Waals surface area contributed by atoms with Gasteiger partial charge in [0.05, 0.1) is 18.7 Å². The van der Waals surface area contributed by atoms with Crippen LogP contribution < -0.4 is 14.8 Å². The van der Waals surface area contributed by atoms with Gasteiger partial charge in [-0.3, -0.25) is 4.79 Å². The molecule has 0 saturated heterocycles. The highest BCUT2D eigenvalue weighted by atomic mass is 16.5. The van der Waals surface area contributed by atoms with Crippen molar-refractivity contribution in [3.05, 3.63) is 23.8 Å². The molecule has 1 rings (SSSR count). The summed E-state index contributed by atoms with van der Waals surface area (Å²) in [5.41, 5.74) is 0.482. The van der Waals surface area contributed by atoms with Crippen LogP contribution in [0.4, 0.5) is 0 Å². The van der Waals surface area contributed by atoms with Gasteiger partial charge in [0.2, 0.25) is 0 Å². The second-order valence-corrected chi connectivity index (χ2v) is 5.71. The fourth-order valence-electron chi connectivity index (χ4n) is 1.97. The van der Waals surface area contributed by atoms with Crippen LogP contribution in [0.25, 0.3) is 0 Å². The Hall–Kier alpha value is -2.22. The van der Waals surface area contributed by atoms with E-state index in [1.807, 2.05) is 13.0 Å². The number of methoxy groups -OCH3 is 1.